The lowest BCUT2D eigenvalue weighted by Crippen LogP contribution is -2.26. The molecule has 1 aromatic carbocycles. The number of nitrogens with one attached hydrogen (secondary N) is 1. The van der Waals surface area contributed by atoms with Crippen molar-refractivity contribution in [1.82, 2.24) is 0 Å². The van der Waals surface area contributed by atoms with Gasteiger partial charge in [-0.2, -0.15) is 47.9 Å². The number of anilines is 1. The van der Waals surface area contributed by atoms with Crippen LogP contribution < -0.4 is 4.72 Å². The summed E-state index contributed by atoms with van der Waals surface area (Å²) in [7, 11) is -5.60. The predicted octanol–water partition coefficient (Wildman–Crippen LogP) is 4.57. The van der Waals surface area contributed by atoms with E-state index in [1.165, 1.54) is 0 Å². The zero-order valence-corrected chi connectivity index (χ0v) is 12.9. The first kappa shape index (κ1) is 21.3. The minimum atomic E-state index is -5.89. The Morgan fingerprint density at radius 2 is 1.08 bits per heavy atom. The lowest BCUT2D eigenvalue weighted by molar-refractivity contribution is -0.163. The molecule has 2 N–H and O–H groups in total. The highest BCUT2D eigenvalue weighted by molar-refractivity contribution is 7.87. The Balaban J connectivity index is 4.24. The molecule has 0 saturated carbocycles. The van der Waals surface area contributed by atoms with Crippen LogP contribution in [0.4, 0.5) is 45.2 Å². The Bertz CT molecular complexity index is 791. The molecule has 4 nitrogen and oxygen atoms in total. The van der Waals surface area contributed by atoms with Gasteiger partial charge in [0, 0.05) is 0 Å². The summed E-state index contributed by atoms with van der Waals surface area (Å²) in [5.41, 5.74) is -12.8. The van der Waals surface area contributed by atoms with Crippen molar-refractivity contribution in [2.75, 3.05) is 4.72 Å². The van der Waals surface area contributed by atoms with E-state index in [9.17, 15) is 47.9 Å². The van der Waals surface area contributed by atoms with Crippen LogP contribution in [0.5, 0.6) is 0 Å². The molecule has 0 aliphatic carbocycles. The quantitative estimate of drug-likeness (QED) is 0.560. The number of alkyl halides is 9. The monoisotopic (exact) mass is 405 g/mol. The summed E-state index contributed by atoms with van der Waals surface area (Å²) in [6.07, 6.45) is -17.3. The van der Waals surface area contributed by atoms with Gasteiger partial charge in [-0.3, -0.25) is 9.27 Å². The SMILES string of the molecule is Cc1c(NS(=O)(=O)O)c(C(F)(F)F)c(C(F)(F)F)c(C)c1C(F)(F)F. The fourth-order valence-electron chi connectivity index (χ4n) is 2.35. The molecular formula is C11H8F9NO3S. The molecule has 1 rings (SSSR count). The highest BCUT2D eigenvalue weighted by Crippen LogP contribution is 2.51. The van der Waals surface area contributed by atoms with Crippen LogP contribution in [0.3, 0.4) is 0 Å². The van der Waals surface area contributed by atoms with E-state index in [-0.39, 0.29) is 6.92 Å². The van der Waals surface area contributed by atoms with Crippen LogP contribution in [0.2, 0.25) is 0 Å². The van der Waals surface area contributed by atoms with Crippen molar-refractivity contribution in [2.24, 2.45) is 0 Å². The molecule has 1 aromatic rings. The first-order valence-electron chi connectivity index (χ1n) is 5.92. The molecule has 0 radical (unpaired) electrons. The number of hydrogen-bond acceptors (Lipinski definition) is 2. The highest BCUT2D eigenvalue weighted by Gasteiger charge is 2.50. The number of benzene rings is 1. The summed E-state index contributed by atoms with van der Waals surface area (Å²) < 4.78 is 148. The van der Waals surface area contributed by atoms with E-state index in [1.54, 1.807) is 0 Å². The average Bonchev–Trinajstić information content (AvgIpc) is 2.25. The Kier molecular flexibility index (Phi) is 5.06. The summed E-state index contributed by atoms with van der Waals surface area (Å²) in [6, 6.07) is 0. The van der Waals surface area contributed by atoms with Crippen molar-refractivity contribution >= 4 is 16.0 Å². The highest BCUT2D eigenvalue weighted by atomic mass is 32.2. The third kappa shape index (κ3) is 4.48. The Morgan fingerprint density at radius 1 is 0.720 bits per heavy atom. The lowest BCUT2D eigenvalue weighted by Gasteiger charge is -2.26. The zero-order valence-electron chi connectivity index (χ0n) is 12.1. The first-order chi connectivity index (χ1) is 10.8. The predicted molar refractivity (Wildman–Crippen MR) is 66.1 cm³/mol. The normalized spacial score (nSPS) is 13.9. The van der Waals surface area contributed by atoms with Gasteiger partial charge >= 0.3 is 28.8 Å². The van der Waals surface area contributed by atoms with Gasteiger partial charge in [-0.25, -0.2) is 0 Å². The summed E-state index contributed by atoms with van der Waals surface area (Å²) in [6.45, 7) is 0.532. The first-order valence-corrected chi connectivity index (χ1v) is 7.36. The van der Waals surface area contributed by atoms with Crippen molar-refractivity contribution in [1.29, 1.82) is 0 Å². The molecule has 0 atom stereocenters. The van der Waals surface area contributed by atoms with Gasteiger partial charge in [0.25, 0.3) is 0 Å². The van der Waals surface area contributed by atoms with E-state index in [1.807, 2.05) is 0 Å². The molecule has 0 aliphatic rings. The van der Waals surface area contributed by atoms with Gasteiger partial charge in [0.2, 0.25) is 0 Å². The molecule has 0 spiro atoms. The molecule has 0 saturated heterocycles. The number of hydrogen-bond donors (Lipinski definition) is 2. The molecule has 144 valence electrons. The van der Waals surface area contributed by atoms with Crippen LogP contribution in [0, 0.1) is 13.8 Å². The second-order valence-corrected chi connectivity index (χ2v) is 5.97. The topological polar surface area (TPSA) is 66.4 Å². The van der Waals surface area contributed by atoms with Crippen LogP contribution in [0.1, 0.15) is 27.8 Å². The summed E-state index contributed by atoms with van der Waals surface area (Å²) >= 11 is 0. The minimum Gasteiger partial charge on any atom is -0.269 e. The molecule has 0 aromatic heterocycles. The minimum absolute atomic E-state index is 0.186. The molecule has 0 fully saturated rings. The van der Waals surface area contributed by atoms with E-state index >= 15 is 0 Å². The van der Waals surface area contributed by atoms with E-state index in [2.05, 4.69) is 0 Å². The average molecular weight is 405 g/mol. The van der Waals surface area contributed by atoms with Gasteiger partial charge in [-0.15, -0.1) is 0 Å². The van der Waals surface area contributed by atoms with Crippen LogP contribution in [-0.4, -0.2) is 13.0 Å². The molecule has 0 unspecified atom stereocenters. The fraction of sp³-hybridized carbons (Fsp3) is 0.455. The van der Waals surface area contributed by atoms with E-state index in [0.29, 0.717) is 11.6 Å². The lowest BCUT2D eigenvalue weighted by atomic mass is 9.89. The van der Waals surface area contributed by atoms with Gasteiger partial charge in [0.05, 0.1) is 22.4 Å². The van der Waals surface area contributed by atoms with Crippen LogP contribution in [0.15, 0.2) is 0 Å². The van der Waals surface area contributed by atoms with Gasteiger partial charge in [0.1, 0.15) is 0 Å². The third-order valence-electron chi connectivity index (χ3n) is 3.08. The summed E-state index contributed by atoms with van der Waals surface area (Å²) in [4.78, 5) is 0. The fourth-order valence-corrected chi connectivity index (χ4v) is 2.86. The third-order valence-corrected chi connectivity index (χ3v) is 3.54. The molecule has 0 bridgehead atoms. The van der Waals surface area contributed by atoms with Crippen molar-refractivity contribution < 1.29 is 52.5 Å². The Hall–Kier alpha value is -1.70. The molecule has 14 heteroatoms. The van der Waals surface area contributed by atoms with Gasteiger partial charge in [-0.1, -0.05) is 0 Å². The maximum Gasteiger partial charge on any atom is 0.419 e. The van der Waals surface area contributed by atoms with E-state index in [4.69, 9.17) is 4.55 Å². The second-order valence-electron chi connectivity index (χ2n) is 4.82. The molecule has 0 heterocycles. The molecule has 0 amide bonds. The molecule has 25 heavy (non-hydrogen) atoms. The Labute approximate surface area is 134 Å². The molecular weight excluding hydrogens is 397 g/mol. The van der Waals surface area contributed by atoms with Gasteiger partial charge in [0.15, 0.2) is 0 Å². The van der Waals surface area contributed by atoms with Crippen molar-refractivity contribution in [3.8, 4) is 0 Å². The van der Waals surface area contributed by atoms with Crippen molar-refractivity contribution in [3.63, 3.8) is 0 Å². The van der Waals surface area contributed by atoms with Crippen LogP contribution in [0.25, 0.3) is 0 Å². The Morgan fingerprint density at radius 3 is 1.36 bits per heavy atom. The summed E-state index contributed by atoms with van der Waals surface area (Å²) in [5, 5.41) is 0. The van der Waals surface area contributed by atoms with Crippen molar-refractivity contribution in [2.45, 2.75) is 32.4 Å². The smallest absolute Gasteiger partial charge is 0.269 e. The largest absolute Gasteiger partial charge is 0.419 e. The van der Waals surface area contributed by atoms with Gasteiger partial charge < -0.3 is 0 Å². The molecule has 0 aliphatic heterocycles. The van der Waals surface area contributed by atoms with Crippen LogP contribution >= 0.6 is 0 Å². The maximum absolute atomic E-state index is 13.1. The number of rotatable bonds is 2. The van der Waals surface area contributed by atoms with E-state index < -0.39 is 62.3 Å². The second kappa shape index (κ2) is 5.93. The van der Waals surface area contributed by atoms with E-state index in [0.717, 1.165) is 0 Å². The summed E-state index contributed by atoms with van der Waals surface area (Å²) in [5.74, 6) is 0. The standard InChI is InChI=1S/C11H8F9NO3S/c1-3-5(9(12,13)14)4(2)8(21-25(22,23)24)7(11(18,19)20)6(3)10(15,16)17/h21H,1-2H3,(H,22,23,24). The van der Waals surface area contributed by atoms with Crippen LogP contribution in [-0.2, 0) is 28.8 Å². The zero-order chi connectivity index (χ0) is 20.2. The van der Waals surface area contributed by atoms with Crippen molar-refractivity contribution in [3.05, 3.63) is 27.8 Å². The number of halogens is 9. The maximum atomic E-state index is 13.1. The van der Waals surface area contributed by atoms with Gasteiger partial charge in [-0.05, 0) is 25.0 Å².